The highest BCUT2D eigenvalue weighted by atomic mass is 32.2. The number of methoxy groups -OCH3 is 1. The summed E-state index contributed by atoms with van der Waals surface area (Å²) in [6.07, 6.45) is 1.82. The number of benzene rings is 2. The van der Waals surface area contributed by atoms with Crippen molar-refractivity contribution in [2.24, 2.45) is 0 Å². The Morgan fingerprint density at radius 1 is 1.32 bits per heavy atom. The molecule has 0 saturated carbocycles. The molecule has 5 nitrogen and oxygen atoms in total. The first kappa shape index (κ1) is 17.3. The van der Waals surface area contributed by atoms with Crippen LogP contribution >= 0.6 is 23.1 Å². The Bertz CT molecular complexity index is 916. The number of phenols is 1. The average molecular weight is 373 g/mol. The molecule has 0 aliphatic rings. The van der Waals surface area contributed by atoms with Crippen LogP contribution in [0.15, 0.2) is 42.5 Å². The van der Waals surface area contributed by atoms with E-state index >= 15 is 0 Å². The first-order valence-electron chi connectivity index (χ1n) is 7.36. The Labute approximate surface area is 152 Å². The fraction of sp³-hybridized carbons (Fsp3) is 0.111. The van der Waals surface area contributed by atoms with Gasteiger partial charge in [0, 0.05) is 4.91 Å². The molecule has 0 atom stereocenters. The molecule has 2 aromatic carbocycles. The van der Waals surface area contributed by atoms with Crippen molar-refractivity contribution in [1.82, 2.24) is 4.98 Å². The second-order valence-electron chi connectivity index (χ2n) is 5.11. The van der Waals surface area contributed by atoms with Crippen molar-refractivity contribution in [3.63, 3.8) is 0 Å². The number of carboxylic acids is 1. The topological polar surface area (TPSA) is 79.7 Å². The lowest BCUT2D eigenvalue weighted by molar-refractivity contribution is -0.133. The molecule has 0 radical (unpaired) electrons. The molecule has 3 rings (SSSR count). The first-order valence-corrected chi connectivity index (χ1v) is 9.16. The van der Waals surface area contributed by atoms with Gasteiger partial charge in [-0.05, 0) is 35.9 Å². The smallest absolute Gasteiger partial charge is 0.313 e. The Balaban J connectivity index is 2.01. The zero-order valence-corrected chi connectivity index (χ0v) is 14.9. The Morgan fingerprint density at radius 2 is 2.12 bits per heavy atom. The molecule has 0 aliphatic carbocycles. The van der Waals surface area contributed by atoms with Crippen LogP contribution in [0.2, 0.25) is 0 Å². The Kier molecular flexibility index (Phi) is 5.25. The van der Waals surface area contributed by atoms with E-state index in [4.69, 9.17) is 9.84 Å². The fourth-order valence-corrected chi connectivity index (χ4v) is 4.08. The van der Waals surface area contributed by atoms with Crippen molar-refractivity contribution in [2.75, 3.05) is 12.9 Å². The van der Waals surface area contributed by atoms with Gasteiger partial charge in [0.05, 0.1) is 23.1 Å². The highest BCUT2D eigenvalue weighted by Crippen LogP contribution is 2.36. The lowest BCUT2D eigenvalue weighted by Gasteiger charge is -2.06. The van der Waals surface area contributed by atoms with Gasteiger partial charge in [0.2, 0.25) is 0 Å². The minimum atomic E-state index is -0.894. The molecule has 1 heterocycles. The number of hydrogen-bond donors (Lipinski definition) is 2. The molecule has 3 aromatic rings. The first-order chi connectivity index (χ1) is 12.1. The minimum absolute atomic E-state index is 0.0307. The maximum absolute atomic E-state index is 11.0. The molecule has 0 bridgehead atoms. The molecule has 25 heavy (non-hydrogen) atoms. The molecule has 1 aromatic heterocycles. The van der Waals surface area contributed by atoms with Gasteiger partial charge in [-0.3, -0.25) is 4.79 Å². The van der Waals surface area contributed by atoms with E-state index in [2.05, 4.69) is 4.98 Å². The van der Waals surface area contributed by atoms with E-state index in [0.717, 1.165) is 25.7 Å². The van der Waals surface area contributed by atoms with E-state index in [1.165, 1.54) is 30.2 Å². The number of carbonyl (C=O) groups is 1. The summed E-state index contributed by atoms with van der Waals surface area (Å²) in [7, 11) is 1.49. The lowest BCUT2D eigenvalue weighted by atomic mass is 10.2. The normalized spacial score (nSPS) is 11.6. The summed E-state index contributed by atoms with van der Waals surface area (Å²) in [4.78, 5) is 16.3. The fourth-order valence-electron chi connectivity index (χ4n) is 2.23. The number of thioether (sulfide) groups is 1. The number of phenolic OH excluding ortho intramolecular Hbond substituents is 1. The summed E-state index contributed by atoms with van der Waals surface area (Å²) in [5.74, 6) is -0.543. The van der Waals surface area contributed by atoms with Gasteiger partial charge in [0.25, 0.3) is 0 Å². The third-order valence-electron chi connectivity index (χ3n) is 3.36. The van der Waals surface area contributed by atoms with E-state index in [1.54, 1.807) is 18.2 Å². The number of para-hydroxylation sites is 1. The largest absolute Gasteiger partial charge is 0.504 e. The molecule has 0 spiro atoms. The number of aromatic nitrogens is 1. The van der Waals surface area contributed by atoms with Crippen molar-refractivity contribution in [3.8, 4) is 11.5 Å². The number of hydrogen-bond acceptors (Lipinski definition) is 6. The number of thiazole rings is 1. The van der Waals surface area contributed by atoms with Crippen LogP contribution in [0.3, 0.4) is 0 Å². The summed E-state index contributed by atoms with van der Waals surface area (Å²) in [6.45, 7) is 0. The van der Waals surface area contributed by atoms with E-state index in [9.17, 15) is 9.90 Å². The average Bonchev–Trinajstić information content (AvgIpc) is 3.02. The van der Waals surface area contributed by atoms with Gasteiger partial charge in [0.15, 0.2) is 11.5 Å². The van der Waals surface area contributed by atoms with Crippen molar-refractivity contribution in [2.45, 2.75) is 0 Å². The predicted molar refractivity (Wildman–Crippen MR) is 102 cm³/mol. The molecule has 0 amide bonds. The summed E-state index contributed by atoms with van der Waals surface area (Å²) in [6, 6.07) is 12.8. The molecular weight excluding hydrogens is 358 g/mol. The summed E-state index contributed by atoms with van der Waals surface area (Å²) < 4.78 is 6.08. The quantitative estimate of drug-likeness (QED) is 0.670. The molecule has 2 N–H and O–H groups in total. The van der Waals surface area contributed by atoms with Crippen LogP contribution in [0.25, 0.3) is 21.2 Å². The molecule has 128 valence electrons. The van der Waals surface area contributed by atoms with Crippen molar-refractivity contribution >= 4 is 50.3 Å². The Hall–Kier alpha value is -2.51. The predicted octanol–water partition coefficient (Wildman–Crippen LogP) is 4.33. The Morgan fingerprint density at radius 3 is 2.80 bits per heavy atom. The standard InChI is InChI=1S/C18H15NO4S2/c1-23-14-7-6-11(8-13(14)20)9-16(24-10-17(21)22)18-19-12-4-2-3-5-15(12)25-18/h2-9,20H,10H2,1H3,(H,21,22). The number of ether oxygens (including phenoxy) is 1. The van der Waals surface area contributed by atoms with Gasteiger partial charge < -0.3 is 14.9 Å². The lowest BCUT2D eigenvalue weighted by Crippen LogP contribution is -1.98. The van der Waals surface area contributed by atoms with E-state index in [0.29, 0.717) is 5.75 Å². The monoisotopic (exact) mass is 373 g/mol. The van der Waals surface area contributed by atoms with Crippen molar-refractivity contribution in [3.05, 3.63) is 53.0 Å². The maximum atomic E-state index is 11.0. The maximum Gasteiger partial charge on any atom is 0.313 e. The second kappa shape index (κ2) is 7.58. The highest BCUT2D eigenvalue weighted by molar-refractivity contribution is 8.09. The third-order valence-corrected chi connectivity index (χ3v) is 5.57. The van der Waals surface area contributed by atoms with Gasteiger partial charge in [0.1, 0.15) is 5.01 Å². The van der Waals surface area contributed by atoms with Crippen LogP contribution in [-0.4, -0.2) is 34.0 Å². The highest BCUT2D eigenvalue weighted by Gasteiger charge is 2.12. The van der Waals surface area contributed by atoms with Crippen LogP contribution in [-0.2, 0) is 4.79 Å². The summed E-state index contributed by atoms with van der Waals surface area (Å²) >= 11 is 2.71. The molecule has 0 aliphatic heterocycles. The molecular formula is C18H15NO4S2. The SMILES string of the molecule is COc1ccc(C=C(SCC(=O)O)c2nc3ccccc3s2)cc1O. The minimum Gasteiger partial charge on any atom is -0.504 e. The van der Waals surface area contributed by atoms with E-state index < -0.39 is 5.97 Å². The molecule has 0 saturated heterocycles. The summed E-state index contributed by atoms with van der Waals surface area (Å²) in [5, 5.41) is 19.7. The van der Waals surface area contributed by atoms with E-state index in [-0.39, 0.29) is 11.5 Å². The van der Waals surface area contributed by atoms with Crippen LogP contribution in [0.1, 0.15) is 10.6 Å². The zero-order valence-electron chi connectivity index (χ0n) is 13.3. The van der Waals surface area contributed by atoms with E-state index in [1.807, 2.05) is 30.3 Å². The van der Waals surface area contributed by atoms with Crippen LogP contribution in [0, 0.1) is 0 Å². The number of carboxylic acid groups (broad SMARTS) is 1. The number of aromatic hydroxyl groups is 1. The number of nitrogens with zero attached hydrogens (tertiary/aromatic N) is 1. The number of rotatable bonds is 6. The van der Waals surface area contributed by atoms with Gasteiger partial charge in [-0.25, -0.2) is 4.98 Å². The van der Waals surface area contributed by atoms with Crippen molar-refractivity contribution < 1.29 is 19.7 Å². The van der Waals surface area contributed by atoms with Crippen LogP contribution in [0.5, 0.6) is 11.5 Å². The zero-order chi connectivity index (χ0) is 17.8. The van der Waals surface area contributed by atoms with Gasteiger partial charge in [-0.2, -0.15) is 0 Å². The van der Waals surface area contributed by atoms with Crippen LogP contribution < -0.4 is 4.74 Å². The molecule has 0 fully saturated rings. The number of aliphatic carboxylic acids is 1. The van der Waals surface area contributed by atoms with Gasteiger partial charge in [-0.15, -0.1) is 23.1 Å². The third kappa shape index (κ3) is 4.12. The second-order valence-corrected chi connectivity index (χ2v) is 7.16. The van der Waals surface area contributed by atoms with Gasteiger partial charge >= 0.3 is 5.97 Å². The molecule has 0 unspecified atom stereocenters. The molecule has 7 heteroatoms. The number of fused-ring (bicyclic) bond motifs is 1. The van der Waals surface area contributed by atoms with Crippen LogP contribution in [0.4, 0.5) is 0 Å². The van der Waals surface area contributed by atoms with Crippen molar-refractivity contribution in [1.29, 1.82) is 0 Å². The summed E-state index contributed by atoms with van der Waals surface area (Å²) in [5.41, 5.74) is 1.62. The van der Waals surface area contributed by atoms with Gasteiger partial charge in [-0.1, -0.05) is 18.2 Å².